The first-order chi connectivity index (χ1) is 7.27. The molecule has 0 unspecified atom stereocenters. The molecular weight excluding hydrogens is 194 g/mol. The fraction of sp³-hybridized carbons (Fsp3) is 0. The van der Waals surface area contributed by atoms with E-state index in [-0.39, 0.29) is 5.69 Å². The Balaban J connectivity index is 2.46. The molecule has 0 bridgehead atoms. The molecule has 2 heterocycles. The van der Waals surface area contributed by atoms with E-state index >= 15 is 0 Å². The number of aromatic nitrogens is 3. The molecule has 0 spiro atoms. The third kappa shape index (κ3) is 1.96. The van der Waals surface area contributed by atoms with Crippen molar-refractivity contribution in [1.29, 1.82) is 0 Å². The number of aromatic carboxylic acids is 1. The van der Waals surface area contributed by atoms with Crippen LogP contribution < -0.4 is 0 Å². The highest BCUT2D eigenvalue weighted by Gasteiger charge is 2.07. The molecule has 1 N–H and O–H groups in total. The molecule has 2 aromatic rings. The lowest BCUT2D eigenvalue weighted by Crippen LogP contribution is -2.02. The fourth-order valence-corrected chi connectivity index (χ4v) is 1.10. The summed E-state index contributed by atoms with van der Waals surface area (Å²) in [4.78, 5) is 22.5. The summed E-state index contributed by atoms with van der Waals surface area (Å²) >= 11 is 0. The van der Waals surface area contributed by atoms with Gasteiger partial charge in [0.25, 0.3) is 0 Å². The standard InChI is InChI=1S/C10H7N3O2/c14-10(15)8-4-6-12-9(13-8)7-3-1-2-5-11-7/h1-6H,(H,14,15). The third-order valence-corrected chi connectivity index (χ3v) is 1.77. The van der Waals surface area contributed by atoms with Gasteiger partial charge in [0.15, 0.2) is 11.5 Å². The van der Waals surface area contributed by atoms with Crippen LogP contribution in [-0.2, 0) is 0 Å². The SMILES string of the molecule is O=C(O)c1ccnc(-c2ccccn2)n1. The molecule has 5 nitrogen and oxygen atoms in total. The van der Waals surface area contributed by atoms with Gasteiger partial charge in [-0.05, 0) is 18.2 Å². The van der Waals surface area contributed by atoms with Crippen molar-refractivity contribution in [1.82, 2.24) is 15.0 Å². The van der Waals surface area contributed by atoms with Crippen molar-refractivity contribution in [3.8, 4) is 11.5 Å². The van der Waals surface area contributed by atoms with E-state index in [1.807, 2.05) is 0 Å². The molecule has 74 valence electrons. The Kier molecular flexibility index (Phi) is 2.37. The summed E-state index contributed by atoms with van der Waals surface area (Å²) < 4.78 is 0. The van der Waals surface area contributed by atoms with E-state index in [0.29, 0.717) is 11.5 Å². The van der Waals surface area contributed by atoms with Crippen LogP contribution >= 0.6 is 0 Å². The molecule has 5 heteroatoms. The topological polar surface area (TPSA) is 76.0 Å². The summed E-state index contributed by atoms with van der Waals surface area (Å²) in [6, 6.07) is 6.62. The molecule has 0 aliphatic heterocycles. The van der Waals surface area contributed by atoms with E-state index < -0.39 is 5.97 Å². The predicted octanol–water partition coefficient (Wildman–Crippen LogP) is 1.24. The molecule has 0 atom stereocenters. The Labute approximate surface area is 85.5 Å². The van der Waals surface area contributed by atoms with Crippen LogP contribution in [0.25, 0.3) is 11.5 Å². The third-order valence-electron chi connectivity index (χ3n) is 1.77. The van der Waals surface area contributed by atoms with Crippen molar-refractivity contribution in [3.63, 3.8) is 0 Å². The number of rotatable bonds is 2. The van der Waals surface area contributed by atoms with Crippen molar-refractivity contribution >= 4 is 5.97 Å². The van der Waals surface area contributed by atoms with Crippen LogP contribution in [0.3, 0.4) is 0 Å². The van der Waals surface area contributed by atoms with Crippen LogP contribution in [0, 0.1) is 0 Å². The van der Waals surface area contributed by atoms with Gasteiger partial charge in [0.2, 0.25) is 0 Å². The lowest BCUT2D eigenvalue weighted by Gasteiger charge is -1.98. The summed E-state index contributed by atoms with van der Waals surface area (Å²) in [5, 5.41) is 8.75. The van der Waals surface area contributed by atoms with Crippen molar-refractivity contribution in [2.24, 2.45) is 0 Å². The number of pyridine rings is 1. The number of nitrogens with zero attached hydrogens (tertiary/aromatic N) is 3. The first kappa shape index (κ1) is 9.26. The van der Waals surface area contributed by atoms with Gasteiger partial charge in [0.1, 0.15) is 5.69 Å². The number of carbonyl (C=O) groups is 1. The zero-order chi connectivity index (χ0) is 10.7. The van der Waals surface area contributed by atoms with E-state index in [4.69, 9.17) is 5.11 Å². The highest BCUT2D eigenvalue weighted by atomic mass is 16.4. The Morgan fingerprint density at radius 3 is 2.67 bits per heavy atom. The second kappa shape index (κ2) is 3.83. The summed E-state index contributed by atoms with van der Waals surface area (Å²) in [6.45, 7) is 0. The maximum Gasteiger partial charge on any atom is 0.354 e. The number of hydrogen-bond donors (Lipinski definition) is 1. The van der Waals surface area contributed by atoms with Gasteiger partial charge in [-0.1, -0.05) is 6.07 Å². The number of carboxylic acids is 1. The largest absolute Gasteiger partial charge is 0.477 e. The predicted molar refractivity (Wildman–Crippen MR) is 52.2 cm³/mol. The van der Waals surface area contributed by atoms with Crippen LogP contribution in [0.2, 0.25) is 0 Å². The van der Waals surface area contributed by atoms with E-state index in [9.17, 15) is 4.79 Å². The zero-order valence-electron chi connectivity index (χ0n) is 7.66. The Morgan fingerprint density at radius 1 is 1.13 bits per heavy atom. The van der Waals surface area contributed by atoms with E-state index in [1.54, 1.807) is 24.4 Å². The minimum absolute atomic E-state index is 0.0364. The quantitative estimate of drug-likeness (QED) is 0.790. The molecule has 0 aliphatic carbocycles. The van der Waals surface area contributed by atoms with Crippen LogP contribution in [0.15, 0.2) is 36.7 Å². The molecular formula is C10H7N3O2. The monoisotopic (exact) mass is 201 g/mol. The lowest BCUT2D eigenvalue weighted by molar-refractivity contribution is 0.0690. The molecule has 0 saturated heterocycles. The second-order valence-electron chi connectivity index (χ2n) is 2.79. The summed E-state index contributed by atoms with van der Waals surface area (Å²) in [5.41, 5.74) is 0.520. The van der Waals surface area contributed by atoms with Gasteiger partial charge < -0.3 is 5.11 Å². The molecule has 0 amide bonds. The highest BCUT2D eigenvalue weighted by molar-refractivity contribution is 5.85. The molecule has 2 rings (SSSR count). The first-order valence-electron chi connectivity index (χ1n) is 4.25. The van der Waals surface area contributed by atoms with Gasteiger partial charge >= 0.3 is 5.97 Å². The minimum Gasteiger partial charge on any atom is -0.477 e. The lowest BCUT2D eigenvalue weighted by atomic mass is 10.3. The van der Waals surface area contributed by atoms with E-state index in [2.05, 4.69) is 15.0 Å². The Bertz CT molecular complexity index is 485. The molecule has 0 aromatic carbocycles. The molecule has 2 aromatic heterocycles. The molecule has 0 fully saturated rings. The smallest absolute Gasteiger partial charge is 0.354 e. The average molecular weight is 201 g/mol. The minimum atomic E-state index is -1.07. The van der Waals surface area contributed by atoms with Crippen molar-refractivity contribution in [3.05, 3.63) is 42.4 Å². The molecule has 15 heavy (non-hydrogen) atoms. The van der Waals surface area contributed by atoms with Crippen LogP contribution in [0.4, 0.5) is 0 Å². The van der Waals surface area contributed by atoms with Crippen molar-refractivity contribution < 1.29 is 9.90 Å². The highest BCUT2D eigenvalue weighted by Crippen LogP contribution is 2.10. The zero-order valence-corrected chi connectivity index (χ0v) is 7.66. The van der Waals surface area contributed by atoms with Gasteiger partial charge in [0.05, 0.1) is 0 Å². The maximum atomic E-state index is 10.7. The van der Waals surface area contributed by atoms with Crippen LogP contribution in [0.1, 0.15) is 10.5 Å². The summed E-state index contributed by atoms with van der Waals surface area (Å²) in [7, 11) is 0. The number of hydrogen-bond acceptors (Lipinski definition) is 4. The molecule has 0 radical (unpaired) electrons. The van der Waals surface area contributed by atoms with Gasteiger partial charge in [-0.25, -0.2) is 14.8 Å². The van der Waals surface area contributed by atoms with E-state index in [0.717, 1.165) is 0 Å². The fourth-order valence-electron chi connectivity index (χ4n) is 1.10. The Hall–Kier alpha value is -2.30. The van der Waals surface area contributed by atoms with Crippen LogP contribution in [0.5, 0.6) is 0 Å². The summed E-state index contributed by atoms with van der Waals surface area (Å²) in [5.74, 6) is -0.759. The first-order valence-corrected chi connectivity index (χ1v) is 4.25. The van der Waals surface area contributed by atoms with Gasteiger partial charge in [-0.2, -0.15) is 0 Å². The Morgan fingerprint density at radius 2 is 2.00 bits per heavy atom. The normalized spacial score (nSPS) is 9.87. The van der Waals surface area contributed by atoms with Crippen LogP contribution in [-0.4, -0.2) is 26.0 Å². The maximum absolute atomic E-state index is 10.7. The van der Waals surface area contributed by atoms with Crippen molar-refractivity contribution in [2.75, 3.05) is 0 Å². The van der Waals surface area contributed by atoms with Gasteiger partial charge in [-0.3, -0.25) is 4.98 Å². The number of carboxylic acid groups (broad SMARTS) is 1. The second-order valence-corrected chi connectivity index (χ2v) is 2.79. The summed E-state index contributed by atoms with van der Waals surface area (Å²) in [6.07, 6.45) is 3.01. The average Bonchev–Trinajstić information content (AvgIpc) is 2.30. The van der Waals surface area contributed by atoms with E-state index in [1.165, 1.54) is 12.3 Å². The van der Waals surface area contributed by atoms with Crippen molar-refractivity contribution in [2.45, 2.75) is 0 Å². The van der Waals surface area contributed by atoms with Gasteiger partial charge in [0, 0.05) is 12.4 Å². The molecule has 0 aliphatic rings. The molecule has 0 saturated carbocycles. The van der Waals surface area contributed by atoms with Gasteiger partial charge in [-0.15, -0.1) is 0 Å².